The minimum atomic E-state index is -3.76. The highest BCUT2D eigenvalue weighted by molar-refractivity contribution is 7.92. The number of pyridine rings is 1. The summed E-state index contributed by atoms with van der Waals surface area (Å²) in [6.45, 7) is 5.08. The number of anilines is 1. The van der Waals surface area contributed by atoms with Crippen LogP contribution in [-0.2, 0) is 23.5 Å². The molecule has 1 fully saturated rings. The molecule has 1 atom stereocenters. The number of halogens is 4. The van der Waals surface area contributed by atoms with E-state index in [1.54, 1.807) is 52.1 Å². The van der Waals surface area contributed by atoms with E-state index in [1.165, 1.54) is 33.8 Å². The number of fused-ring (bicyclic) bond motifs is 1. The Morgan fingerprint density at radius 3 is 2.42 bits per heavy atom. The van der Waals surface area contributed by atoms with E-state index in [0.29, 0.717) is 22.2 Å². The summed E-state index contributed by atoms with van der Waals surface area (Å²) in [5.41, 5.74) is -0.978. The van der Waals surface area contributed by atoms with E-state index < -0.39 is 57.9 Å². The van der Waals surface area contributed by atoms with Gasteiger partial charge in [0.2, 0.25) is 10.0 Å². The summed E-state index contributed by atoms with van der Waals surface area (Å²) in [7, 11) is -2.17. The standard InChI is InChI=1S/C33H33ClF3N5O5S/c1-31(2,3)42(30(43)44)25(16-19-7-6-8-20(35)15-19)27-22(10-9-21(38-27)13-14-32(45)17-33(36,37)18-32)23-11-12-24(34)26-28(23)41(4)39-29(26)40-48(5,46)47/h6-12,15,25,45H,16-18H2,1-5H3,(H,39,40)(H,43,44). The largest absolute Gasteiger partial charge is 0.465 e. The fourth-order valence-electron chi connectivity index (χ4n) is 6.03. The van der Waals surface area contributed by atoms with Crippen molar-refractivity contribution in [2.45, 2.75) is 63.1 Å². The van der Waals surface area contributed by atoms with Crippen LogP contribution in [0.3, 0.4) is 0 Å². The van der Waals surface area contributed by atoms with Crippen molar-refractivity contribution in [2.75, 3.05) is 11.0 Å². The molecule has 0 radical (unpaired) electrons. The smallest absolute Gasteiger partial charge is 0.408 e. The van der Waals surface area contributed by atoms with Crippen molar-refractivity contribution in [3.63, 3.8) is 0 Å². The van der Waals surface area contributed by atoms with Crippen molar-refractivity contribution in [3.8, 4) is 23.0 Å². The molecule has 2 aromatic heterocycles. The Balaban J connectivity index is 1.80. The number of carbonyl (C=O) groups is 1. The van der Waals surface area contributed by atoms with Crippen LogP contribution in [0.25, 0.3) is 22.0 Å². The Morgan fingerprint density at radius 2 is 1.83 bits per heavy atom. The monoisotopic (exact) mass is 703 g/mol. The topological polar surface area (TPSA) is 138 Å². The molecule has 1 amide bonds. The molecule has 3 N–H and O–H groups in total. The van der Waals surface area contributed by atoms with Gasteiger partial charge in [0.1, 0.15) is 17.1 Å². The van der Waals surface area contributed by atoms with Gasteiger partial charge >= 0.3 is 6.09 Å². The highest BCUT2D eigenvalue weighted by Gasteiger charge is 2.55. The SMILES string of the molecule is Cn1nc(NS(C)(=O)=O)c2c(Cl)ccc(-c3ccc(C#CC4(O)CC(F)(F)C4)nc3C(Cc3cccc(F)c3)N(C(=O)O)C(C)(C)C)c21. The molecule has 10 nitrogen and oxygen atoms in total. The Labute approximate surface area is 280 Å². The fraction of sp³-hybridized carbons (Fsp3) is 0.364. The number of alkyl halides is 2. The van der Waals surface area contributed by atoms with Crippen LogP contribution < -0.4 is 4.72 Å². The lowest BCUT2D eigenvalue weighted by Crippen LogP contribution is -2.50. The molecule has 4 aromatic rings. The summed E-state index contributed by atoms with van der Waals surface area (Å²) in [5.74, 6) is 1.58. The Morgan fingerprint density at radius 1 is 1.17 bits per heavy atom. The molecule has 1 saturated carbocycles. The first kappa shape index (κ1) is 35.0. The minimum absolute atomic E-state index is 0.0254. The number of hydrogen-bond acceptors (Lipinski definition) is 6. The Bertz CT molecular complexity index is 2100. The fourth-order valence-corrected chi connectivity index (χ4v) is 6.76. The number of aryl methyl sites for hydroxylation is 1. The van der Waals surface area contributed by atoms with Crippen molar-refractivity contribution < 1.29 is 36.6 Å². The number of amides is 1. The predicted octanol–water partition coefficient (Wildman–Crippen LogP) is 6.37. The van der Waals surface area contributed by atoms with Crippen LogP contribution >= 0.6 is 11.6 Å². The van der Waals surface area contributed by atoms with Gasteiger partial charge in [-0.2, -0.15) is 5.10 Å². The first-order valence-electron chi connectivity index (χ1n) is 14.7. The summed E-state index contributed by atoms with van der Waals surface area (Å²) in [6.07, 6.45) is -2.01. The van der Waals surface area contributed by atoms with E-state index in [-0.39, 0.29) is 34.0 Å². The normalized spacial score (nSPS) is 16.0. The first-order valence-corrected chi connectivity index (χ1v) is 17.0. The summed E-state index contributed by atoms with van der Waals surface area (Å²) < 4.78 is 69.6. The molecule has 2 aromatic carbocycles. The third kappa shape index (κ3) is 7.38. The molecule has 1 aliphatic rings. The predicted molar refractivity (Wildman–Crippen MR) is 176 cm³/mol. The number of benzene rings is 2. The number of aromatic nitrogens is 3. The average molecular weight is 704 g/mol. The number of aliphatic hydroxyl groups is 1. The summed E-state index contributed by atoms with van der Waals surface area (Å²) in [6, 6.07) is 11.0. The van der Waals surface area contributed by atoms with Gasteiger partial charge < -0.3 is 10.2 Å². The Hall–Kier alpha value is -4.32. The summed E-state index contributed by atoms with van der Waals surface area (Å²) in [5, 5.41) is 25.9. The van der Waals surface area contributed by atoms with Gasteiger partial charge in [0.05, 0.1) is 46.8 Å². The zero-order chi connectivity index (χ0) is 35.4. The second kappa shape index (κ2) is 12.3. The van der Waals surface area contributed by atoms with Crippen molar-refractivity contribution in [2.24, 2.45) is 7.05 Å². The van der Waals surface area contributed by atoms with Crippen LogP contribution in [0.5, 0.6) is 0 Å². The average Bonchev–Trinajstić information content (AvgIpc) is 3.24. The molecule has 5 rings (SSSR count). The van der Waals surface area contributed by atoms with Crippen LogP contribution in [0.15, 0.2) is 48.5 Å². The maximum Gasteiger partial charge on any atom is 0.408 e. The maximum absolute atomic E-state index is 14.4. The second-order valence-corrected chi connectivity index (χ2v) is 15.1. The lowest BCUT2D eigenvalue weighted by Gasteiger charge is -2.40. The zero-order valence-electron chi connectivity index (χ0n) is 26.6. The van der Waals surface area contributed by atoms with Crippen LogP contribution in [0.2, 0.25) is 5.02 Å². The molecule has 0 saturated heterocycles. The molecule has 48 heavy (non-hydrogen) atoms. The van der Waals surface area contributed by atoms with Crippen LogP contribution in [0.4, 0.5) is 23.8 Å². The van der Waals surface area contributed by atoms with Gasteiger partial charge in [0, 0.05) is 23.7 Å². The first-order chi connectivity index (χ1) is 22.2. The van der Waals surface area contributed by atoms with E-state index in [2.05, 4.69) is 21.7 Å². The van der Waals surface area contributed by atoms with E-state index in [9.17, 15) is 36.6 Å². The van der Waals surface area contributed by atoms with Crippen LogP contribution in [0, 0.1) is 17.7 Å². The number of nitrogens with zero attached hydrogens (tertiary/aromatic N) is 4. The molecular formula is C33H33ClF3N5O5S. The third-order valence-corrected chi connectivity index (χ3v) is 8.71. The van der Waals surface area contributed by atoms with Gasteiger partial charge in [-0.15, -0.1) is 0 Å². The molecule has 0 spiro atoms. The number of nitrogens with one attached hydrogen (secondary N) is 1. The molecule has 254 valence electrons. The third-order valence-electron chi connectivity index (χ3n) is 7.83. The number of sulfonamides is 1. The summed E-state index contributed by atoms with van der Waals surface area (Å²) in [4.78, 5) is 18.9. The number of rotatable bonds is 7. The molecule has 0 bridgehead atoms. The zero-order valence-corrected chi connectivity index (χ0v) is 28.2. The van der Waals surface area contributed by atoms with Crippen molar-refractivity contribution in [3.05, 3.63) is 76.3 Å². The van der Waals surface area contributed by atoms with Gasteiger partial charge in [0.15, 0.2) is 5.82 Å². The lowest BCUT2D eigenvalue weighted by atomic mass is 9.77. The highest BCUT2D eigenvalue weighted by Crippen LogP contribution is 2.45. The van der Waals surface area contributed by atoms with E-state index in [1.807, 2.05) is 0 Å². The second-order valence-electron chi connectivity index (χ2n) is 13.0. The number of hydrogen-bond donors (Lipinski definition) is 3. The highest BCUT2D eigenvalue weighted by atomic mass is 35.5. The van der Waals surface area contributed by atoms with Gasteiger partial charge in [-0.05, 0) is 69.0 Å². The van der Waals surface area contributed by atoms with Gasteiger partial charge in [0.25, 0.3) is 5.92 Å². The van der Waals surface area contributed by atoms with Crippen molar-refractivity contribution >= 4 is 44.4 Å². The Kier molecular flexibility index (Phi) is 8.96. The quantitative estimate of drug-likeness (QED) is 0.190. The summed E-state index contributed by atoms with van der Waals surface area (Å²) >= 11 is 6.57. The van der Waals surface area contributed by atoms with E-state index in [4.69, 9.17) is 16.6 Å². The number of carboxylic acid groups (broad SMARTS) is 1. The molecular weight excluding hydrogens is 671 g/mol. The molecule has 2 heterocycles. The molecule has 0 aliphatic heterocycles. The molecule has 1 unspecified atom stereocenters. The molecule has 1 aliphatic carbocycles. The van der Waals surface area contributed by atoms with Crippen molar-refractivity contribution in [1.29, 1.82) is 0 Å². The van der Waals surface area contributed by atoms with Gasteiger partial charge in [-0.25, -0.2) is 31.4 Å². The maximum atomic E-state index is 14.4. The van der Waals surface area contributed by atoms with E-state index >= 15 is 0 Å². The molecule has 15 heteroatoms. The van der Waals surface area contributed by atoms with Gasteiger partial charge in [-0.3, -0.25) is 14.3 Å². The van der Waals surface area contributed by atoms with Crippen molar-refractivity contribution in [1.82, 2.24) is 19.7 Å². The van der Waals surface area contributed by atoms with E-state index in [0.717, 1.165) is 6.26 Å². The van der Waals surface area contributed by atoms with Gasteiger partial charge in [-0.1, -0.05) is 35.7 Å². The van der Waals surface area contributed by atoms with Crippen LogP contribution in [-0.4, -0.2) is 67.7 Å². The minimum Gasteiger partial charge on any atom is -0.465 e. The lowest BCUT2D eigenvalue weighted by molar-refractivity contribution is -0.176. The van der Waals surface area contributed by atoms with Crippen LogP contribution in [0.1, 0.15) is 56.6 Å².